The molecule has 0 saturated carbocycles. The zero-order valence-electron chi connectivity index (χ0n) is 15.3. The molecule has 3 heterocycles. The topological polar surface area (TPSA) is 63.6 Å². The maximum absolute atomic E-state index is 12.7. The van der Waals surface area contributed by atoms with Gasteiger partial charge in [0.05, 0.1) is 18.1 Å². The van der Waals surface area contributed by atoms with E-state index in [0.29, 0.717) is 36.9 Å². The lowest BCUT2D eigenvalue weighted by molar-refractivity contribution is 0.0306. The highest BCUT2D eigenvalue weighted by atomic mass is 32.1. The van der Waals surface area contributed by atoms with E-state index in [0.717, 1.165) is 21.3 Å². The molecule has 6 nitrogen and oxygen atoms in total. The van der Waals surface area contributed by atoms with E-state index in [2.05, 4.69) is 5.32 Å². The van der Waals surface area contributed by atoms with Gasteiger partial charge in [0, 0.05) is 36.7 Å². The van der Waals surface area contributed by atoms with Gasteiger partial charge in [-0.15, -0.1) is 11.3 Å². The smallest absolute Gasteiger partial charge is 0.272 e. The van der Waals surface area contributed by atoms with E-state index < -0.39 is 0 Å². The predicted octanol–water partition coefficient (Wildman–Crippen LogP) is 3.27. The molecule has 140 valence electrons. The van der Waals surface area contributed by atoms with Gasteiger partial charge >= 0.3 is 0 Å². The van der Waals surface area contributed by atoms with Crippen molar-refractivity contribution in [3.8, 4) is 0 Å². The minimum Gasteiger partial charge on any atom is -0.378 e. The van der Waals surface area contributed by atoms with Gasteiger partial charge in [0.2, 0.25) is 0 Å². The Kier molecular flexibility index (Phi) is 4.72. The number of aryl methyl sites for hydroxylation is 2. The molecule has 1 N–H and O–H groups in total. The second-order valence-electron chi connectivity index (χ2n) is 6.74. The van der Waals surface area contributed by atoms with Crippen LogP contribution in [0.15, 0.2) is 36.5 Å². The molecule has 1 saturated heterocycles. The Balaban J connectivity index is 1.54. The Morgan fingerprint density at radius 2 is 1.93 bits per heavy atom. The van der Waals surface area contributed by atoms with Gasteiger partial charge in [-0.2, -0.15) is 0 Å². The minimum atomic E-state index is -0.148. The third-order valence-electron chi connectivity index (χ3n) is 4.66. The molecule has 0 atom stereocenters. The van der Waals surface area contributed by atoms with Crippen LogP contribution in [-0.4, -0.2) is 47.6 Å². The van der Waals surface area contributed by atoms with Gasteiger partial charge in [0.25, 0.3) is 11.8 Å². The van der Waals surface area contributed by atoms with Crippen molar-refractivity contribution in [1.29, 1.82) is 0 Å². The quantitative estimate of drug-likeness (QED) is 0.755. The van der Waals surface area contributed by atoms with E-state index >= 15 is 0 Å². The summed E-state index contributed by atoms with van der Waals surface area (Å²) in [6.07, 6.45) is 1.92. The molecule has 0 bridgehead atoms. The largest absolute Gasteiger partial charge is 0.378 e. The normalized spacial score (nSPS) is 14.5. The summed E-state index contributed by atoms with van der Waals surface area (Å²) in [6, 6.07) is 9.49. The van der Waals surface area contributed by atoms with Crippen LogP contribution in [-0.2, 0) is 11.8 Å². The fourth-order valence-corrected chi connectivity index (χ4v) is 4.31. The van der Waals surface area contributed by atoms with Gasteiger partial charge in [0.15, 0.2) is 0 Å². The van der Waals surface area contributed by atoms with Crippen molar-refractivity contribution >= 4 is 38.9 Å². The average molecular weight is 383 g/mol. The number of nitrogens with one attached hydrogen (secondary N) is 1. The fourth-order valence-electron chi connectivity index (χ4n) is 3.30. The monoisotopic (exact) mass is 383 g/mol. The summed E-state index contributed by atoms with van der Waals surface area (Å²) in [5.74, 6) is -0.103. The molecule has 0 aliphatic carbocycles. The Labute approximate surface area is 161 Å². The van der Waals surface area contributed by atoms with Crippen LogP contribution < -0.4 is 5.32 Å². The molecule has 1 fully saturated rings. The number of ether oxygens (including phenoxy) is 1. The van der Waals surface area contributed by atoms with Crippen LogP contribution in [0.5, 0.6) is 0 Å². The summed E-state index contributed by atoms with van der Waals surface area (Å²) >= 11 is 1.48. The number of hydrogen-bond acceptors (Lipinski definition) is 4. The van der Waals surface area contributed by atoms with Crippen molar-refractivity contribution in [3.05, 3.63) is 52.7 Å². The summed E-state index contributed by atoms with van der Waals surface area (Å²) in [7, 11) is 1.85. The summed E-state index contributed by atoms with van der Waals surface area (Å²) in [5, 5.41) is 3.90. The van der Waals surface area contributed by atoms with E-state index in [4.69, 9.17) is 4.74 Å². The maximum atomic E-state index is 12.7. The highest BCUT2D eigenvalue weighted by molar-refractivity contribution is 7.20. The number of morpholine rings is 1. The number of anilines is 1. The first-order valence-corrected chi connectivity index (χ1v) is 9.68. The summed E-state index contributed by atoms with van der Waals surface area (Å²) < 4.78 is 8.15. The van der Waals surface area contributed by atoms with E-state index in [-0.39, 0.29) is 11.8 Å². The Morgan fingerprint density at radius 3 is 2.63 bits per heavy atom. The van der Waals surface area contributed by atoms with Crippen LogP contribution in [0.25, 0.3) is 10.1 Å². The summed E-state index contributed by atoms with van der Waals surface area (Å²) in [4.78, 5) is 27.7. The highest BCUT2D eigenvalue weighted by Crippen LogP contribution is 2.29. The molecule has 7 heteroatoms. The number of thiophene rings is 1. The molecular formula is C20H21N3O3S. The lowest BCUT2D eigenvalue weighted by Crippen LogP contribution is -2.40. The van der Waals surface area contributed by atoms with Crippen LogP contribution in [0.3, 0.4) is 0 Å². The van der Waals surface area contributed by atoms with Crippen LogP contribution in [0.4, 0.5) is 5.69 Å². The average Bonchev–Trinajstić information content (AvgIpc) is 3.24. The van der Waals surface area contributed by atoms with Gasteiger partial charge in [-0.3, -0.25) is 9.59 Å². The van der Waals surface area contributed by atoms with Gasteiger partial charge in [-0.1, -0.05) is 0 Å². The predicted molar refractivity (Wildman–Crippen MR) is 107 cm³/mol. The molecular weight excluding hydrogens is 362 g/mol. The molecule has 1 aromatic carbocycles. The van der Waals surface area contributed by atoms with E-state index in [1.165, 1.54) is 11.3 Å². The van der Waals surface area contributed by atoms with Crippen molar-refractivity contribution in [2.75, 3.05) is 31.6 Å². The molecule has 1 aliphatic rings. The summed E-state index contributed by atoms with van der Waals surface area (Å²) in [5.41, 5.74) is 2.37. The van der Waals surface area contributed by atoms with Crippen molar-refractivity contribution in [2.45, 2.75) is 6.92 Å². The number of aromatic nitrogens is 1. The SMILES string of the molecule is Cc1cc(C(=O)Nc2ccc3sc(C(=O)N4CCOCC4)cc3c2)n(C)c1. The lowest BCUT2D eigenvalue weighted by Gasteiger charge is -2.26. The first kappa shape index (κ1) is 17.8. The fraction of sp³-hybridized carbons (Fsp3) is 0.300. The highest BCUT2D eigenvalue weighted by Gasteiger charge is 2.20. The first-order valence-electron chi connectivity index (χ1n) is 8.86. The third-order valence-corrected chi connectivity index (χ3v) is 5.76. The molecule has 0 unspecified atom stereocenters. The van der Waals surface area contributed by atoms with Crippen LogP contribution in [0.1, 0.15) is 25.7 Å². The van der Waals surface area contributed by atoms with Gasteiger partial charge in [-0.05, 0) is 48.2 Å². The Bertz CT molecular complexity index is 1010. The number of benzene rings is 1. The van der Waals surface area contributed by atoms with E-state index in [1.807, 2.05) is 60.0 Å². The van der Waals surface area contributed by atoms with Gasteiger partial charge in [0.1, 0.15) is 5.69 Å². The zero-order chi connectivity index (χ0) is 19.0. The summed E-state index contributed by atoms with van der Waals surface area (Å²) in [6.45, 7) is 4.40. The number of carbonyl (C=O) groups excluding carboxylic acids is 2. The Hall–Kier alpha value is -2.64. The van der Waals surface area contributed by atoms with Crippen molar-refractivity contribution in [3.63, 3.8) is 0 Å². The molecule has 27 heavy (non-hydrogen) atoms. The molecule has 2 amide bonds. The van der Waals surface area contributed by atoms with E-state index in [1.54, 1.807) is 0 Å². The van der Waals surface area contributed by atoms with Crippen LogP contribution in [0.2, 0.25) is 0 Å². The molecule has 0 spiro atoms. The standard InChI is InChI=1S/C20H21N3O3S/c1-13-9-16(22(2)12-13)19(24)21-15-3-4-17-14(10-15)11-18(27-17)20(25)23-5-7-26-8-6-23/h3-4,9-12H,5-8H2,1-2H3,(H,21,24). The number of carbonyl (C=O) groups is 2. The zero-order valence-corrected chi connectivity index (χ0v) is 16.1. The number of fused-ring (bicyclic) bond motifs is 1. The lowest BCUT2D eigenvalue weighted by atomic mass is 10.2. The van der Waals surface area contributed by atoms with Crippen LogP contribution in [0, 0.1) is 6.92 Å². The number of amides is 2. The van der Waals surface area contributed by atoms with Crippen molar-refractivity contribution < 1.29 is 14.3 Å². The maximum Gasteiger partial charge on any atom is 0.272 e. The van der Waals surface area contributed by atoms with E-state index in [9.17, 15) is 9.59 Å². The molecule has 3 aromatic rings. The van der Waals surface area contributed by atoms with Crippen LogP contribution >= 0.6 is 11.3 Å². The van der Waals surface area contributed by atoms with Crippen molar-refractivity contribution in [2.24, 2.45) is 7.05 Å². The second kappa shape index (κ2) is 7.17. The molecule has 0 radical (unpaired) electrons. The second-order valence-corrected chi connectivity index (χ2v) is 7.82. The first-order chi connectivity index (χ1) is 13.0. The van der Waals surface area contributed by atoms with Crippen molar-refractivity contribution in [1.82, 2.24) is 9.47 Å². The molecule has 4 rings (SSSR count). The number of hydrogen-bond donors (Lipinski definition) is 1. The molecule has 2 aromatic heterocycles. The third kappa shape index (κ3) is 3.61. The van der Waals surface area contributed by atoms with Gasteiger partial charge < -0.3 is 19.5 Å². The molecule has 1 aliphatic heterocycles. The van der Waals surface area contributed by atoms with Gasteiger partial charge in [-0.25, -0.2) is 0 Å². The number of nitrogens with zero attached hydrogens (tertiary/aromatic N) is 2. The Morgan fingerprint density at radius 1 is 1.15 bits per heavy atom. The minimum absolute atomic E-state index is 0.0457. The number of rotatable bonds is 3.